The number of hydrogen-bond donors (Lipinski definition) is 1. The van der Waals surface area contributed by atoms with Crippen LogP contribution in [0, 0.1) is 5.82 Å². The molecule has 2 unspecified atom stereocenters. The van der Waals surface area contributed by atoms with Crippen LogP contribution in [0.15, 0.2) is 66.7 Å². The molecule has 226 valence electrons. The molecule has 0 radical (unpaired) electrons. The second kappa shape index (κ2) is 11.5. The highest BCUT2D eigenvalue weighted by Gasteiger charge is 2.49. The highest BCUT2D eigenvalue weighted by Crippen LogP contribution is 2.40. The van der Waals surface area contributed by atoms with Gasteiger partial charge in [-0.15, -0.1) is 0 Å². The Kier molecular flexibility index (Phi) is 8.12. The van der Waals surface area contributed by atoms with E-state index in [-0.39, 0.29) is 29.1 Å². The minimum atomic E-state index is -4.84. The van der Waals surface area contributed by atoms with Crippen molar-refractivity contribution >= 4 is 40.8 Å². The zero-order valence-electron chi connectivity index (χ0n) is 22.1. The number of alkyl halides is 5. The van der Waals surface area contributed by atoms with E-state index in [1.165, 1.54) is 30.3 Å². The van der Waals surface area contributed by atoms with Crippen LogP contribution < -0.4 is 15.1 Å². The Labute approximate surface area is 246 Å². The molecule has 7 nitrogen and oxygen atoms in total. The van der Waals surface area contributed by atoms with Gasteiger partial charge in [0.25, 0.3) is 11.8 Å². The molecule has 2 atom stereocenters. The Morgan fingerprint density at radius 1 is 1.05 bits per heavy atom. The monoisotopic (exact) mass is 624 g/mol. The van der Waals surface area contributed by atoms with Gasteiger partial charge < -0.3 is 5.32 Å². The van der Waals surface area contributed by atoms with Gasteiger partial charge in [0.1, 0.15) is 29.4 Å². The van der Waals surface area contributed by atoms with Gasteiger partial charge in [-0.3, -0.25) is 24.2 Å². The average Bonchev–Trinajstić information content (AvgIpc) is 3.31. The largest absolute Gasteiger partial charge is 0.433 e. The minimum Gasteiger partial charge on any atom is -0.351 e. The summed E-state index contributed by atoms with van der Waals surface area (Å²) in [6.07, 6.45) is -6.49. The molecule has 2 fully saturated rings. The standard InChI is InChI=1S/C29H23ClF6N4O3/c30-20-8-2-1-7-19(20)25(26(42)37-17-14-28(32,33)15-17)39(18-6-3-5-16(31)13-18)27(43)21-11-12-24(41)40(21)23-10-4-9-22(38-23)29(34,35)36/h1-10,13,17,21,25H,11-12,14-15H2,(H,37,42). The molecule has 1 aliphatic carbocycles. The second-order valence-corrected chi connectivity index (χ2v) is 10.7. The number of carbonyl (C=O) groups is 3. The first-order valence-corrected chi connectivity index (χ1v) is 13.5. The summed E-state index contributed by atoms with van der Waals surface area (Å²) in [5.41, 5.74) is -1.36. The Balaban J connectivity index is 1.60. The number of rotatable bonds is 7. The van der Waals surface area contributed by atoms with Crippen molar-refractivity contribution in [3.05, 3.63) is 88.8 Å². The van der Waals surface area contributed by atoms with Gasteiger partial charge in [0.15, 0.2) is 0 Å². The lowest BCUT2D eigenvalue weighted by atomic mass is 9.87. The molecular weight excluding hydrogens is 602 g/mol. The van der Waals surface area contributed by atoms with E-state index in [2.05, 4.69) is 10.3 Å². The number of anilines is 2. The van der Waals surface area contributed by atoms with Crippen LogP contribution in [0.4, 0.5) is 37.8 Å². The molecule has 1 saturated carbocycles. The molecule has 5 rings (SSSR count). The topological polar surface area (TPSA) is 82.6 Å². The van der Waals surface area contributed by atoms with Gasteiger partial charge in [-0.25, -0.2) is 18.2 Å². The van der Waals surface area contributed by atoms with Gasteiger partial charge in [0.05, 0.1) is 0 Å². The molecule has 0 spiro atoms. The van der Waals surface area contributed by atoms with Gasteiger partial charge in [-0.2, -0.15) is 13.2 Å². The van der Waals surface area contributed by atoms with Crippen LogP contribution in [-0.2, 0) is 20.6 Å². The first-order valence-electron chi connectivity index (χ1n) is 13.1. The summed E-state index contributed by atoms with van der Waals surface area (Å²) in [6.45, 7) is 0. The summed E-state index contributed by atoms with van der Waals surface area (Å²) in [5, 5.41) is 2.52. The van der Waals surface area contributed by atoms with E-state index in [9.17, 15) is 40.7 Å². The number of hydrogen-bond acceptors (Lipinski definition) is 4. The van der Waals surface area contributed by atoms with E-state index in [1.807, 2.05) is 0 Å². The molecule has 2 aliphatic rings. The van der Waals surface area contributed by atoms with Crippen molar-refractivity contribution in [2.75, 3.05) is 9.80 Å². The highest BCUT2D eigenvalue weighted by atomic mass is 35.5. The molecule has 0 bridgehead atoms. The van der Waals surface area contributed by atoms with E-state index in [1.54, 1.807) is 6.07 Å². The van der Waals surface area contributed by atoms with Gasteiger partial charge in [-0.05, 0) is 42.8 Å². The molecule has 2 heterocycles. The van der Waals surface area contributed by atoms with Crippen LogP contribution in [0.2, 0.25) is 5.02 Å². The van der Waals surface area contributed by atoms with Crippen LogP contribution in [0.5, 0.6) is 0 Å². The first-order chi connectivity index (χ1) is 20.2. The minimum absolute atomic E-state index is 0.0229. The molecule has 43 heavy (non-hydrogen) atoms. The van der Waals surface area contributed by atoms with Crippen LogP contribution in [0.1, 0.15) is 43.0 Å². The number of amides is 3. The molecule has 3 amide bonds. The fourth-order valence-electron chi connectivity index (χ4n) is 5.25. The fraction of sp³-hybridized carbons (Fsp3) is 0.310. The third-order valence-electron chi connectivity index (χ3n) is 7.24. The van der Waals surface area contributed by atoms with Gasteiger partial charge >= 0.3 is 6.18 Å². The average molecular weight is 625 g/mol. The molecule has 14 heteroatoms. The van der Waals surface area contributed by atoms with Crippen molar-refractivity contribution in [2.24, 2.45) is 0 Å². The maximum atomic E-state index is 14.5. The normalized spacial score (nSPS) is 19.1. The zero-order valence-corrected chi connectivity index (χ0v) is 22.9. The molecule has 1 aromatic heterocycles. The molecular formula is C29H23ClF6N4O3. The van der Waals surface area contributed by atoms with Crippen molar-refractivity contribution < 1.29 is 40.7 Å². The predicted molar refractivity (Wildman–Crippen MR) is 144 cm³/mol. The highest BCUT2D eigenvalue weighted by molar-refractivity contribution is 6.31. The number of nitrogens with zero attached hydrogens (tertiary/aromatic N) is 3. The number of carbonyl (C=O) groups excluding carboxylic acids is 3. The van der Waals surface area contributed by atoms with Crippen molar-refractivity contribution in [3.8, 4) is 0 Å². The smallest absolute Gasteiger partial charge is 0.351 e. The van der Waals surface area contributed by atoms with Crippen LogP contribution in [0.25, 0.3) is 0 Å². The number of aromatic nitrogens is 1. The third-order valence-corrected chi connectivity index (χ3v) is 7.58. The maximum Gasteiger partial charge on any atom is 0.433 e. The number of halogens is 7. The van der Waals surface area contributed by atoms with E-state index in [0.717, 1.165) is 34.1 Å². The first kappa shape index (κ1) is 30.3. The molecule has 1 saturated heterocycles. The van der Waals surface area contributed by atoms with E-state index in [4.69, 9.17) is 11.6 Å². The predicted octanol–water partition coefficient (Wildman–Crippen LogP) is 6.08. The van der Waals surface area contributed by atoms with Gasteiger partial charge in [0.2, 0.25) is 11.8 Å². The van der Waals surface area contributed by atoms with E-state index < -0.39 is 78.1 Å². The Hall–Kier alpha value is -4.13. The summed E-state index contributed by atoms with van der Waals surface area (Å²) in [5.74, 6) is -6.75. The molecule has 1 aliphatic heterocycles. The lowest BCUT2D eigenvalue weighted by molar-refractivity contribution is -0.141. The number of pyridine rings is 1. The third kappa shape index (κ3) is 6.31. The summed E-state index contributed by atoms with van der Waals surface area (Å²) in [6, 6.07) is 9.44. The summed E-state index contributed by atoms with van der Waals surface area (Å²) in [7, 11) is 0. The molecule has 2 aromatic carbocycles. The van der Waals surface area contributed by atoms with Crippen molar-refractivity contribution in [3.63, 3.8) is 0 Å². The summed E-state index contributed by atoms with van der Waals surface area (Å²) < 4.78 is 81.9. The fourth-order valence-corrected chi connectivity index (χ4v) is 5.49. The SMILES string of the molecule is O=C(NC1CC(F)(F)C1)C(c1ccccc1Cl)N(C(=O)C1CCC(=O)N1c1cccc(C(F)(F)F)n1)c1cccc(F)c1. The Morgan fingerprint density at radius 2 is 1.74 bits per heavy atom. The van der Waals surface area contributed by atoms with E-state index >= 15 is 0 Å². The second-order valence-electron chi connectivity index (χ2n) is 10.3. The maximum absolute atomic E-state index is 14.5. The quantitative estimate of drug-likeness (QED) is 0.323. The Bertz CT molecular complexity index is 1560. The molecule has 1 N–H and O–H groups in total. The summed E-state index contributed by atoms with van der Waals surface area (Å²) in [4.78, 5) is 46.4. The number of nitrogens with one attached hydrogen (secondary N) is 1. The lowest BCUT2D eigenvalue weighted by Crippen LogP contribution is -2.56. The molecule has 3 aromatic rings. The lowest BCUT2D eigenvalue weighted by Gasteiger charge is -2.39. The van der Waals surface area contributed by atoms with Crippen LogP contribution in [-0.4, -0.2) is 40.7 Å². The van der Waals surface area contributed by atoms with Crippen LogP contribution >= 0.6 is 11.6 Å². The Morgan fingerprint density at radius 3 is 2.40 bits per heavy atom. The van der Waals surface area contributed by atoms with E-state index in [0.29, 0.717) is 6.07 Å². The summed E-state index contributed by atoms with van der Waals surface area (Å²) >= 11 is 6.43. The van der Waals surface area contributed by atoms with Crippen molar-refractivity contribution in [1.29, 1.82) is 0 Å². The number of benzene rings is 2. The van der Waals surface area contributed by atoms with Gasteiger partial charge in [-0.1, -0.05) is 41.9 Å². The van der Waals surface area contributed by atoms with Crippen molar-refractivity contribution in [2.45, 2.75) is 55.9 Å². The van der Waals surface area contributed by atoms with Gasteiger partial charge in [0, 0.05) is 41.6 Å². The van der Waals surface area contributed by atoms with Crippen LogP contribution in [0.3, 0.4) is 0 Å². The van der Waals surface area contributed by atoms with Crippen molar-refractivity contribution in [1.82, 2.24) is 10.3 Å². The zero-order chi connectivity index (χ0) is 31.1.